The second kappa shape index (κ2) is 4.40. The zero-order valence-corrected chi connectivity index (χ0v) is 10.4. The number of nitrogens with two attached hydrogens (primary N) is 1. The highest BCUT2D eigenvalue weighted by atomic mass is 15.3. The summed E-state index contributed by atoms with van der Waals surface area (Å²) in [7, 11) is 2.14. The number of nitrogens with one attached hydrogen (secondary N) is 1. The van der Waals surface area contributed by atoms with E-state index < -0.39 is 0 Å². The standard InChI is InChI=1S/C12H21N5/c1-16-7-10-11(8-16)15-17(12(10)6-13)9-2-4-14-5-3-9/h9,14H,2-8,13H2,1H3. The van der Waals surface area contributed by atoms with E-state index in [0.29, 0.717) is 12.6 Å². The summed E-state index contributed by atoms with van der Waals surface area (Å²) in [5, 5.41) is 8.20. The molecular weight excluding hydrogens is 214 g/mol. The molecule has 5 heteroatoms. The third kappa shape index (κ3) is 1.88. The molecule has 0 radical (unpaired) electrons. The van der Waals surface area contributed by atoms with E-state index in [1.165, 1.54) is 29.8 Å². The van der Waals surface area contributed by atoms with Gasteiger partial charge in [-0.05, 0) is 33.0 Å². The summed E-state index contributed by atoms with van der Waals surface area (Å²) >= 11 is 0. The molecule has 0 aromatic carbocycles. The lowest BCUT2D eigenvalue weighted by Gasteiger charge is -2.25. The van der Waals surface area contributed by atoms with Crippen LogP contribution in [-0.2, 0) is 19.6 Å². The van der Waals surface area contributed by atoms with Crippen LogP contribution in [0.4, 0.5) is 0 Å². The highest BCUT2D eigenvalue weighted by Gasteiger charge is 2.27. The maximum absolute atomic E-state index is 5.93. The van der Waals surface area contributed by atoms with Crippen LogP contribution in [0.3, 0.4) is 0 Å². The van der Waals surface area contributed by atoms with Crippen molar-refractivity contribution in [3.63, 3.8) is 0 Å². The van der Waals surface area contributed by atoms with E-state index in [9.17, 15) is 0 Å². The van der Waals surface area contributed by atoms with Gasteiger partial charge in [-0.25, -0.2) is 0 Å². The van der Waals surface area contributed by atoms with E-state index in [2.05, 4.69) is 21.9 Å². The Balaban J connectivity index is 1.92. The number of hydrogen-bond donors (Lipinski definition) is 2. The summed E-state index contributed by atoms with van der Waals surface area (Å²) in [6, 6.07) is 0.547. The molecule has 2 aliphatic rings. The molecule has 1 saturated heterocycles. The number of fused-ring (bicyclic) bond motifs is 1. The number of nitrogens with zero attached hydrogens (tertiary/aromatic N) is 3. The minimum absolute atomic E-state index is 0.547. The summed E-state index contributed by atoms with van der Waals surface area (Å²) in [6.07, 6.45) is 2.34. The predicted octanol–water partition coefficient (Wildman–Crippen LogP) is 0.212. The molecule has 1 aromatic rings. The van der Waals surface area contributed by atoms with Crippen molar-refractivity contribution in [2.24, 2.45) is 5.73 Å². The molecule has 3 N–H and O–H groups in total. The average Bonchev–Trinajstić information content (AvgIpc) is 2.85. The molecule has 0 saturated carbocycles. The van der Waals surface area contributed by atoms with Gasteiger partial charge in [0.05, 0.1) is 17.4 Å². The second-order valence-corrected chi connectivity index (χ2v) is 5.17. The number of rotatable bonds is 2. The molecule has 94 valence electrons. The molecule has 0 unspecified atom stereocenters. The van der Waals surface area contributed by atoms with Crippen LogP contribution in [0.15, 0.2) is 0 Å². The van der Waals surface area contributed by atoms with E-state index in [1.54, 1.807) is 0 Å². The normalized spacial score (nSPS) is 22.0. The summed E-state index contributed by atoms with van der Waals surface area (Å²) in [6.45, 7) is 4.78. The van der Waals surface area contributed by atoms with E-state index in [4.69, 9.17) is 10.8 Å². The van der Waals surface area contributed by atoms with E-state index in [0.717, 1.165) is 26.2 Å². The molecule has 3 rings (SSSR count). The minimum Gasteiger partial charge on any atom is -0.325 e. The molecular formula is C12H21N5. The Kier molecular flexibility index (Phi) is 2.90. The minimum atomic E-state index is 0.547. The zero-order valence-electron chi connectivity index (χ0n) is 10.4. The first kappa shape index (κ1) is 11.2. The Bertz CT molecular complexity index is 405. The highest BCUT2D eigenvalue weighted by molar-refractivity contribution is 5.30. The number of piperidine rings is 1. The predicted molar refractivity (Wildman–Crippen MR) is 66.4 cm³/mol. The number of aromatic nitrogens is 2. The first-order chi connectivity index (χ1) is 8.29. The van der Waals surface area contributed by atoms with Crippen LogP contribution >= 0.6 is 0 Å². The monoisotopic (exact) mass is 235 g/mol. The van der Waals surface area contributed by atoms with Gasteiger partial charge in [0, 0.05) is 25.2 Å². The lowest BCUT2D eigenvalue weighted by Crippen LogP contribution is -2.31. The van der Waals surface area contributed by atoms with Gasteiger partial charge in [-0.3, -0.25) is 9.58 Å². The van der Waals surface area contributed by atoms with Gasteiger partial charge in [-0.1, -0.05) is 0 Å². The van der Waals surface area contributed by atoms with Crippen LogP contribution in [0.5, 0.6) is 0 Å². The van der Waals surface area contributed by atoms with Crippen LogP contribution in [0.2, 0.25) is 0 Å². The zero-order chi connectivity index (χ0) is 11.8. The topological polar surface area (TPSA) is 59.1 Å². The lowest BCUT2D eigenvalue weighted by atomic mass is 10.1. The highest BCUT2D eigenvalue weighted by Crippen LogP contribution is 2.28. The molecule has 0 bridgehead atoms. The van der Waals surface area contributed by atoms with Gasteiger partial charge in [0.15, 0.2) is 0 Å². The smallest absolute Gasteiger partial charge is 0.0813 e. The summed E-state index contributed by atoms with van der Waals surface area (Å²) in [5.41, 5.74) is 9.81. The first-order valence-electron chi connectivity index (χ1n) is 6.48. The van der Waals surface area contributed by atoms with Gasteiger partial charge in [0.1, 0.15) is 0 Å². The molecule has 0 amide bonds. The fourth-order valence-corrected chi connectivity index (χ4v) is 3.02. The van der Waals surface area contributed by atoms with Gasteiger partial charge in [-0.2, -0.15) is 5.10 Å². The van der Waals surface area contributed by atoms with Gasteiger partial charge in [-0.15, -0.1) is 0 Å². The lowest BCUT2D eigenvalue weighted by molar-refractivity contribution is 0.313. The van der Waals surface area contributed by atoms with Crippen LogP contribution in [0, 0.1) is 0 Å². The van der Waals surface area contributed by atoms with Crippen molar-refractivity contribution in [1.29, 1.82) is 0 Å². The molecule has 0 spiro atoms. The number of hydrogen-bond acceptors (Lipinski definition) is 4. The Morgan fingerprint density at radius 1 is 1.35 bits per heavy atom. The van der Waals surface area contributed by atoms with Crippen molar-refractivity contribution in [3.8, 4) is 0 Å². The van der Waals surface area contributed by atoms with Gasteiger partial charge >= 0.3 is 0 Å². The molecule has 17 heavy (non-hydrogen) atoms. The Morgan fingerprint density at radius 2 is 2.12 bits per heavy atom. The Morgan fingerprint density at radius 3 is 2.82 bits per heavy atom. The van der Waals surface area contributed by atoms with Crippen LogP contribution < -0.4 is 11.1 Å². The average molecular weight is 235 g/mol. The van der Waals surface area contributed by atoms with Crippen molar-refractivity contribution >= 4 is 0 Å². The van der Waals surface area contributed by atoms with Crippen molar-refractivity contribution in [1.82, 2.24) is 20.0 Å². The van der Waals surface area contributed by atoms with Crippen molar-refractivity contribution in [2.75, 3.05) is 20.1 Å². The maximum Gasteiger partial charge on any atom is 0.0813 e. The quantitative estimate of drug-likeness (QED) is 0.769. The summed E-state index contributed by atoms with van der Waals surface area (Å²) in [5.74, 6) is 0. The molecule has 3 heterocycles. The Hall–Kier alpha value is -0.910. The van der Waals surface area contributed by atoms with Crippen molar-refractivity contribution in [3.05, 3.63) is 17.0 Å². The molecule has 1 fully saturated rings. The third-order valence-electron chi connectivity index (χ3n) is 3.90. The van der Waals surface area contributed by atoms with Crippen LogP contribution in [-0.4, -0.2) is 34.8 Å². The fraction of sp³-hybridized carbons (Fsp3) is 0.750. The van der Waals surface area contributed by atoms with Crippen LogP contribution in [0.1, 0.15) is 35.8 Å². The van der Waals surface area contributed by atoms with E-state index >= 15 is 0 Å². The summed E-state index contributed by atoms with van der Waals surface area (Å²) in [4.78, 5) is 2.30. The molecule has 0 aliphatic carbocycles. The van der Waals surface area contributed by atoms with Crippen molar-refractivity contribution in [2.45, 2.75) is 38.5 Å². The fourth-order valence-electron chi connectivity index (χ4n) is 3.02. The van der Waals surface area contributed by atoms with Crippen molar-refractivity contribution < 1.29 is 0 Å². The molecule has 0 atom stereocenters. The van der Waals surface area contributed by atoms with E-state index in [-0.39, 0.29) is 0 Å². The Labute approximate surface area is 102 Å². The summed E-state index contributed by atoms with van der Waals surface area (Å²) < 4.78 is 2.22. The first-order valence-corrected chi connectivity index (χ1v) is 6.48. The molecule has 2 aliphatic heterocycles. The second-order valence-electron chi connectivity index (χ2n) is 5.17. The largest absolute Gasteiger partial charge is 0.325 e. The molecule has 1 aromatic heterocycles. The van der Waals surface area contributed by atoms with Gasteiger partial charge < -0.3 is 11.1 Å². The SMILES string of the molecule is CN1Cc2nn(C3CCNCC3)c(CN)c2C1. The third-order valence-corrected chi connectivity index (χ3v) is 3.90. The maximum atomic E-state index is 5.93. The van der Waals surface area contributed by atoms with Gasteiger partial charge in [0.25, 0.3) is 0 Å². The van der Waals surface area contributed by atoms with Gasteiger partial charge in [0.2, 0.25) is 0 Å². The van der Waals surface area contributed by atoms with E-state index in [1.807, 2.05) is 0 Å². The van der Waals surface area contributed by atoms with Crippen LogP contribution in [0.25, 0.3) is 0 Å². The molecule has 5 nitrogen and oxygen atoms in total.